The van der Waals surface area contributed by atoms with Gasteiger partial charge in [0.2, 0.25) is 0 Å². The maximum Gasteiger partial charge on any atom is 0.410 e. The van der Waals surface area contributed by atoms with Crippen LogP contribution in [0.25, 0.3) is 0 Å². The zero-order valence-corrected chi connectivity index (χ0v) is 28.9. The Morgan fingerprint density at radius 1 is 1.13 bits per heavy atom. The molecule has 9 heteroatoms. The number of amides is 1. The lowest BCUT2D eigenvalue weighted by Crippen LogP contribution is -2.47. The van der Waals surface area contributed by atoms with Gasteiger partial charge < -0.3 is 29.1 Å². The Balaban J connectivity index is 1.29. The molecule has 0 spiro atoms. The fraction of sp³-hybridized carbons (Fsp3) is 0.622. The number of halogens is 1. The first-order valence-electron chi connectivity index (χ1n) is 17.0. The monoisotopic (exact) mass is 654 g/mol. The van der Waals surface area contributed by atoms with Crippen molar-refractivity contribution in [1.82, 2.24) is 4.90 Å². The summed E-state index contributed by atoms with van der Waals surface area (Å²) in [7, 11) is 1.81. The Bertz CT molecular complexity index is 1380. The molecule has 5 rings (SSSR count). The van der Waals surface area contributed by atoms with Crippen LogP contribution >= 0.6 is 11.6 Å². The predicted molar refractivity (Wildman–Crippen MR) is 181 cm³/mol. The number of aryl methyl sites for hydroxylation is 1. The summed E-state index contributed by atoms with van der Waals surface area (Å²) in [5, 5.41) is 10.6. The third-order valence-electron chi connectivity index (χ3n) is 9.90. The third kappa shape index (κ3) is 8.48. The summed E-state index contributed by atoms with van der Waals surface area (Å²) >= 11 is 6.41. The molecule has 2 heterocycles. The second-order valence-electron chi connectivity index (χ2n) is 14.5. The first-order valence-corrected chi connectivity index (χ1v) is 17.4. The summed E-state index contributed by atoms with van der Waals surface area (Å²) in [4.78, 5) is 28.5. The molecule has 5 atom stereocenters. The van der Waals surface area contributed by atoms with Crippen LogP contribution in [-0.4, -0.2) is 73.7 Å². The minimum absolute atomic E-state index is 0.121. The van der Waals surface area contributed by atoms with Gasteiger partial charge in [0.1, 0.15) is 11.4 Å². The van der Waals surface area contributed by atoms with Gasteiger partial charge >= 0.3 is 12.1 Å². The first kappa shape index (κ1) is 34.4. The molecule has 2 aliphatic heterocycles. The fourth-order valence-corrected chi connectivity index (χ4v) is 7.50. The zero-order valence-electron chi connectivity index (χ0n) is 28.1. The molecule has 0 radical (unpaired) electrons. The Kier molecular flexibility index (Phi) is 11.1. The van der Waals surface area contributed by atoms with Crippen molar-refractivity contribution >= 4 is 29.4 Å². The molecule has 2 aromatic carbocycles. The maximum absolute atomic E-state index is 12.5. The van der Waals surface area contributed by atoms with Gasteiger partial charge in [0, 0.05) is 44.2 Å². The van der Waals surface area contributed by atoms with Crippen molar-refractivity contribution < 1.29 is 28.9 Å². The summed E-state index contributed by atoms with van der Waals surface area (Å²) < 4.78 is 18.3. The Hall–Kier alpha value is -2.97. The maximum atomic E-state index is 12.5. The lowest BCUT2D eigenvalue weighted by atomic mass is 9.67. The van der Waals surface area contributed by atoms with E-state index in [1.165, 1.54) is 11.1 Å². The Morgan fingerprint density at radius 3 is 2.63 bits per heavy atom. The molecule has 1 aliphatic carbocycles. The van der Waals surface area contributed by atoms with Gasteiger partial charge in [-0.2, -0.15) is 0 Å². The van der Waals surface area contributed by atoms with Gasteiger partial charge in [-0.15, -0.1) is 0 Å². The van der Waals surface area contributed by atoms with Crippen LogP contribution in [0.5, 0.6) is 5.75 Å². The highest BCUT2D eigenvalue weighted by Crippen LogP contribution is 2.45. The molecule has 0 bridgehead atoms. The smallest absolute Gasteiger partial charge is 0.410 e. The van der Waals surface area contributed by atoms with Gasteiger partial charge in [0.05, 0.1) is 24.0 Å². The summed E-state index contributed by atoms with van der Waals surface area (Å²) in [5.74, 6) is 1.31. The van der Waals surface area contributed by atoms with E-state index >= 15 is 0 Å². The molecule has 5 unspecified atom stereocenters. The lowest BCUT2D eigenvalue weighted by molar-refractivity contribution is -0.0838. The molecule has 1 saturated heterocycles. The summed E-state index contributed by atoms with van der Waals surface area (Å²) in [6.07, 6.45) is 7.08. The van der Waals surface area contributed by atoms with Crippen LogP contribution < -0.4 is 9.64 Å². The number of fused-ring (bicyclic) bond motifs is 1. The number of ether oxygens (including phenoxy) is 3. The molecule has 3 aliphatic rings. The number of hydrogen-bond acceptors (Lipinski definition) is 6. The first-order chi connectivity index (χ1) is 21.9. The quantitative estimate of drug-likeness (QED) is 0.277. The molecule has 252 valence electrons. The van der Waals surface area contributed by atoms with Crippen molar-refractivity contribution in [2.45, 2.75) is 90.3 Å². The van der Waals surface area contributed by atoms with E-state index in [-0.39, 0.29) is 23.7 Å². The normalized spacial score (nSPS) is 24.7. The lowest BCUT2D eigenvalue weighted by Gasteiger charge is -2.46. The fourth-order valence-electron chi connectivity index (χ4n) is 7.31. The highest BCUT2D eigenvalue weighted by molar-refractivity contribution is 6.30. The number of rotatable bonds is 10. The number of benzene rings is 2. The zero-order chi connectivity index (χ0) is 33.0. The van der Waals surface area contributed by atoms with Crippen LogP contribution in [0, 0.1) is 17.8 Å². The second kappa shape index (κ2) is 14.8. The minimum Gasteiger partial charge on any atom is -0.491 e. The molecule has 1 N–H and O–H groups in total. The topological polar surface area (TPSA) is 88.5 Å². The van der Waals surface area contributed by atoms with Gasteiger partial charge in [-0.25, -0.2) is 9.59 Å². The van der Waals surface area contributed by atoms with Crippen molar-refractivity contribution in [2.75, 3.05) is 44.8 Å². The van der Waals surface area contributed by atoms with E-state index in [2.05, 4.69) is 24.0 Å². The average Bonchev–Trinajstić information content (AvgIpc) is 3.16. The number of hydrogen-bond donors (Lipinski definition) is 1. The molecular formula is C37H51ClN2O6. The molecule has 0 aromatic heterocycles. The number of carboxylic acids is 1. The van der Waals surface area contributed by atoms with E-state index in [1.54, 1.807) is 17.0 Å². The standard InChI is InChI=1S/C37H51ClN2O6/c1-6-7-25-19-29(38)10-12-30(25)28-22-40(32-20-26(35(41)42)9-13-33(32)45-23-28)21-27-8-11-31(27)34-18-24(15-17-44-34)14-16-39(5)36(43)46-37(2,3)4/h9-10,12-13,19-20,24,27-28,31,34H,6-8,11,14-18,21-23H2,1-5H3,(H,41,42). The van der Waals surface area contributed by atoms with Gasteiger partial charge in [-0.1, -0.05) is 31.0 Å². The van der Waals surface area contributed by atoms with E-state index in [1.807, 2.05) is 40.0 Å². The van der Waals surface area contributed by atoms with Gasteiger partial charge in [0.25, 0.3) is 0 Å². The summed E-state index contributed by atoms with van der Waals surface area (Å²) in [5.41, 5.74) is 3.12. The summed E-state index contributed by atoms with van der Waals surface area (Å²) in [6, 6.07) is 11.4. The number of nitrogens with zero attached hydrogens (tertiary/aromatic N) is 2. The SMILES string of the molecule is CCCc1cc(Cl)ccc1C1COc2ccc(C(=O)O)cc2N(CC2CCC2C2CC(CCN(C)C(=O)OC(C)(C)C)CCO2)C1. The van der Waals surface area contributed by atoms with Crippen molar-refractivity contribution in [3.05, 3.63) is 58.1 Å². The van der Waals surface area contributed by atoms with E-state index in [0.29, 0.717) is 30.9 Å². The van der Waals surface area contributed by atoms with Gasteiger partial charge in [-0.05, 0) is 119 Å². The van der Waals surface area contributed by atoms with Gasteiger partial charge in [0.15, 0.2) is 0 Å². The number of carbonyl (C=O) groups is 2. The van der Waals surface area contributed by atoms with Crippen LogP contribution in [-0.2, 0) is 15.9 Å². The Morgan fingerprint density at radius 2 is 1.93 bits per heavy atom. The van der Waals surface area contributed by atoms with Crippen molar-refractivity contribution in [1.29, 1.82) is 0 Å². The number of aromatic carboxylic acids is 1. The number of carbonyl (C=O) groups excluding carboxylic acids is 1. The van der Waals surface area contributed by atoms with Crippen LogP contribution in [0.4, 0.5) is 10.5 Å². The van der Waals surface area contributed by atoms with Crippen molar-refractivity contribution in [2.24, 2.45) is 17.8 Å². The molecule has 2 fully saturated rings. The minimum atomic E-state index is -0.938. The second-order valence-corrected chi connectivity index (χ2v) is 14.9. The molecule has 46 heavy (non-hydrogen) atoms. The van der Waals surface area contributed by atoms with Crippen LogP contribution in [0.1, 0.15) is 93.6 Å². The highest BCUT2D eigenvalue weighted by atomic mass is 35.5. The summed E-state index contributed by atoms with van der Waals surface area (Å²) in [6.45, 7) is 11.3. The number of carboxylic acid groups (broad SMARTS) is 1. The van der Waals surface area contributed by atoms with Gasteiger partial charge in [-0.3, -0.25) is 0 Å². The van der Waals surface area contributed by atoms with Crippen LogP contribution in [0.2, 0.25) is 5.02 Å². The molecule has 1 amide bonds. The largest absolute Gasteiger partial charge is 0.491 e. The molecular weight excluding hydrogens is 604 g/mol. The molecule has 8 nitrogen and oxygen atoms in total. The van der Waals surface area contributed by atoms with Crippen molar-refractivity contribution in [3.63, 3.8) is 0 Å². The van der Waals surface area contributed by atoms with E-state index < -0.39 is 11.6 Å². The van der Waals surface area contributed by atoms with Crippen LogP contribution in [0.3, 0.4) is 0 Å². The predicted octanol–water partition coefficient (Wildman–Crippen LogP) is 8.05. The molecule has 2 aromatic rings. The number of anilines is 1. The third-order valence-corrected chi connectivity index (χ3v) is 10.1. The van der Waals surface area contributed by atoms with E-state index in [9.17, 15) is 14.7 Å². The van der Waals surface area contributed by atoms with E-state index in [0.717, 1.165) is 81.1 Å². The highest BCUT2D eigenvalue weighted by Gasteiger charge is 2.41. The van der Waals surface area contributed by atoms with E-state index in [4.69, 9.17) is 25.8 Å². The van der Waals surface area contributed by atoms with Crippen LogP contribution in [0.15, 0.2) is 36.4 Å². The average molecular weight is 655 g/mol. The molecule has 1 saturated carbocycles. The Labute approximate surface area is 279 Å². The van der Waals surface area contributed by atoms with Crippen molar-refractivity contribution in [3.8, 4) is 5.75 Å².